The largest absolute Gasteiger partial charge is 0.391 e. The summed E-state index contributed by atoms with van der Waals surface area (Å²) in [5.74, 6) is 0. The number of halogens is 1. The maximum Gasteiger partial charge on any atom is 0.271 e. The van der Waals surface area contributed by atoms with Crippen molar-refractivity contribution in [2.75, 3.05) is 18.4 Å². The molecule has 0 unspecified atom stereocenters. The van der Waals surface area contributed by atoms with Crippen molar-refractivity contribution in [2.24, 2.45) is 0 Å². The van der Waals surface area contributed by atoms with Crippen molar-refractivity contribution in [3.05, 3.63) is 33.3 Å². The van der Waals surface area contributed by atoms with E-state index < -0.39 is 11.0 Å². The monoisotopic (exact) mass is 315 g/mol. The second-order valence-corrected chi connectivity index (χ2v) is 5.39. The first-order valence-electron chi connectivity index (χ1n) is 6.15. The Morgan fingerprint density at radius 2 is 2.35 bits per heavy atom. The number of likely N-dealkylation sites (tertiary alicyclic amines) is 1. The van der Waals surface area contributed by atoms with E-state index in [2.05, 4.69) is 5.32 Å². The average Bonchev–Trinajstić information content (AvgIpc) is 2.41. The number of nitrogens with zero attached hydrogens (tertiary/aromatic N) is 2. The number of aliphatic hydroxyl groups is 1. The molecule has 2 N–H and O–H groups in total. The predicted octanol–water partition coefficient (Wildman–Crippen LogP) is 2.40. The molecule has 0 aliphatic carbocycles. The van der Waals surface area contributed by atoms with Crippen LogP contribution in [0.5, 0.6) is 0 Å². The summed E-state index contributed by atoms with van der Waals surface area (Å²) in [6.07, 6.45) is 1.21. The highest BCUT2D eigenvalue weighted by Gasteiger charge is 2.20. The van der Waals surface area contributed by atoms with Crippen LogP contribution in [0.2, 0.25) is 5.02 Å². The molecule has 0 aromatic heterocycles. The summed E-state index contributed by atoms with van der Waals surface area (Å²) in [6, 6.07) is 4.13. The molecule has 8 heteroatoms. The summed E-state index contributed by atoms with van der Waals surface area (Å²) < 4.78 is 0. The lowest BCUT2D eigenvalue weighted by Crippen LogP contribution is -2.44. The molecule has 1 aliphatic rings. The van der Waals surface area contributed by atoms with Gasteiger partial charge in [0.25, 0.3) is 5.69 Å². The van der Waals surface area contributed by atoms with Crippen molar-refractivity contribution in [1.29, 1.82) is 0 Å². The van der Waals surface area contributed by atoms with Crippen LogP contribution in [0.3, 0.4) is 0 Å². The minimum absolute atomic E-state index is 0.0571. The minimum atomic E-state index is -0.491. The average molecular weight is 316 g/mol. The maximum absolute atomic E-state index is 10.8. The van der Waals surface area contributed by atoms with Crippen LogP contribution < -0.4 is 5.32 Å². The van der Waals surface area contributed by atoms with Gasteiger partial charge in [-0.3, -0.25) is 10.1 Å². The number of nitrogens with one attached hydrogen (secondary N) is 1. The summed E-state index contributed by atoms with van der Waals surface area (Å²) in [7, 11) is 0. The van der Waals surface area contributed by atoms with E-state index in [1.807, 2.05) is 4.90 Å². The van der Waals surface area contributed by atoms with E-state index in [-0.39, 0.29) is 5.69 Å². The second kappa shape index (κ2) is 6.34. The van der Waals surface area contributed by atoms with Gasteiger partial charge in [-0.05, 0) is 31.1 Å². The van der Waals surface area contributed by atoms with Gasteiger partial charge in [-0.15, -0.1) is 0 Å². The van der Waals surface area contributed by atoms with Crippen LogP contribution in [-0.4, -0.2) is 39.2 Å². The van der Waals surface area contributed by atoms with Crippen LogP contribution >= 0.6 is 23.8 Å². The highest BCUT2D eigenvalue weighted by Crippen LogP contribution is 2.27. The van der Waals surface area contributed by atoms with E-state index in [4.69, 9.17) is 23.8 Å². The van der Waals surface area contributed by atoms with E-state index in [0.29, 0.717) is 22.4 Å². The molecule has 0 saturated carbocycles. The first-order valence-corrected chi connectivity index (χ1v) is 6.94. The third-order valence-corrected chi connectivity index (χ3v) is 3.78. The minimum Gasteiger partial charge on any atom is -0.391 e. The van der Waals surface area contributed by atoms with Crippen LogP contribution in [0, 0.1) is 10.1 Å². The number of rotatable bonds is 2. The van der Waals surface area contributed by atoms with Gasteiger partial charge in [0.15, 0.2) is 5.11 Å². The van der Waals surface area contributed by atoms with Crippen molar-refractivity contribution in [1.82, 2.24) is 4.90 Å². The van der Waals surface area contributed by atoms with E-state index in [1.165, 1.54) is 18.2 Å². The molecular weight excluding hydrogens is 302 g/mol. The molecule has 1 fully saturated rings. The van der Waals surface area contributed by atoms with Crippen LogP contribution in [0.25, 0.3) is 0 Å². The number of β-amino-alcohol motifs (C(OH)–C–C–N with tert-alkyl or cyclic N) is 1. The quantitative estimate of drug-likeness (QED) is 0.496. The van der Waals surface area contributed by atoms with Gasteiger partial charge in [0.1, 0.15) is 0 Å². The van der Waals surface area contributed by atoms with Gasteiger partial charge in [-0.2, -0.15) is 0 Å². The summed E-state index contributed by atoms with van der Waals surface area (Å²) in [5.41, 5.74) is 0.337. The number of nitro groups is 1. The Kier molecular flexibility index (Phi) is 4.74. The number of benzene rings is 1. The summed E-state index contributed by atoms with van der Waals surface area (Å²) in [6.45, 7) is 1.20. The summed E-state index contributed by atoms with van der Waals surface area (Å²) in [4.78, 5) is 12.1. The fraction of sp³-hybridized carbons (Fsp3) is 0.417. The standard InChI is InChI=1S/C12H14ClN3O3S/c13-10-4-3-8(16(18)19)6-11(10)14-12(20)15-5-1-2-9(17)7-15/h3-4,6,9,17H,1-2,5,7H2,(H,14,20)/t9-/m1/s1. The van der Waals surface area contributed by atoms with E-state index in [0.717, 1.165) is 19.4 Å². The van der Waals surface area contributed by atoms with Gasteiger partial charge in [0, 0.05) is 25.2 Å². The lowest BCUT2D eigenvalue weighted by Gasteiger charge is -2.32. The van der Waals surface area contributed by atoms with E-state index >= 15 is 0 Å². The SMILES string of the molecule is O=[N+]([O-])c1ccc(Cl)c(NC(=S)N2CCC[C@@H](O)C2)c1. The Bertz CT molecular complexity index is 541. The lowest BCUT2D eigenvalue weighted by molar-refractivity contribution is -0.384. The molecular formula is C12H14ClN3O3S. The van der Waals surface area contributed by atoms with Crippen LogP contribution in [0.1, 0.15) is 12.8 Å². The van der Waals surface area contributed by atoms with Crippen LogP contribution in [-0.2, 0) is 0 Å². The number of hydrogen-bond acceptors (Lipinski definition) is 4. The zero-order chi connectivity index (χ0) is 14.7. The zero-order valence-electron chi connectivity index (χ0n) is 10.6. The third kappa shape index (κ3) is 3.56. The Morgan fingerprint density at radius 1 is 1.60 bits per heavy atom. The lowest BCUT2D eigenvalue weighted by atomic mass is 10.1. The van der Waals surface area contributed by atoms with Crippen molar-refractivity contribution >= 4 is 40.3 Å². The Balaban J connectivity index is 2.10. The number of anilines is 1. The highest BCUT2D eigenvalue weighted by molar-refractivity contribution is 7.80. The van der Waals surface area contributed by atoms with Crippen molar-refractivity contribution in [2.45, 2.75) is 18.9 Å². The van der Waals surface area contributed by atoms with Gasteiger partial charge in [0.2, 0.25) is 0 Å². The van der Waals surface area contributed by atoms with Crippen molar-refractivity contribution in [3.63, 3.8) is 0 Å². The zero-order valence-corrected chi connectivity index (χ0v) is 12.2. The molecule has 0 amide bonds. The fourth-order valence-corrected chi connectivity index (χ4v) is 2.50. The Hall–Kier alpha value is -1.44. The first-order chi connectivity index (χ1) is 9.47. The number of aliphatic hydroxyl groups excluding tert-OH is 1. The van der Waals surface area contributed by atoms with Gasteiger partial charge >= 0.3 is 0 Å². The van der Waals surface area contributed by atoms with Crippen LogP contribution in [0.4, 0.5) is 11.4 Å². The normalized spacial score (nSPS) is 18.7. The number of hydrogen-bond donors (Lipinski definition) is 2. The van der Waals surface area contributed by atoms with E-state index in [9.17, 15) is 15.2 Å². The first kappa shape index (κ1) is 15.0. The number of piperidine rings is 1. The van der Waals surface area contributed by atoms with Gasteiger partial charge in [-0.25, -0.2) is 0 Å². The van der Waals surface area contributed by atoms with Crippen LogP contribution in [0.15, 0.2) is 18.2 Å². The third-order valence-electron chi connectivity index (χ3n) is 3.09. The molecule has 1 aromatic carbocycles. The molecule has 1 saturated heterocycles. The molecule has 1 heterocycles. The Labute approximate surface area is 126 Å². The smallest absolute Gasteiger partial charge is 0.271 e. The van der Waals surface area contributed by atoms with Crippen molar-refractivity contribution < 1.29 is 10.0 Å². The molecule has 0 spiro atoms. The van der Waals surface area contributed by atoms with E-state index in [1.54, 1.807) is 0 Å². The number of nitro benzene ring substituents is 1. The predicted molar refractivity (Wildman–Crippen MR) is 81.1 cm³/mol. The van der Waals surface area contributed by atoms with Gasteiger partial charge < -0.3 is 15.3 Å². The molecule has 1 atom stereocenters. The summed E-state index contributed by atoms with van der Waals surface area (Å²) in [5, 5.41) is 24.0. The second-order valence-electron chi connectivity index (χ2n) is 4.59. The molecule has 1 aliphatic heterocycles. The maximum atomic E-state index is 10.8. The fourth-order valence-electron chi connectivity index (χ4n) is 2.06. The topological polar surface area (TPSA) is 78.6 Å². The van der Waals surface area contributed by atoms with Gasteiger partial charge in [-0.1, -0.05) is 11.6 Å². The molecule has 0 radical (unpaired) electrons. The highest BCUT2D eigenvalue weighted by atomic mass is 35.5. The van der Waals surface area contributed by atoms with Gasteiger partial charge in [0.05, 0.1) is 21.7 Å². The molecule has 2 rings (SSSR count). The molecule has 1 aromatic rings. The van der Waals surface area contributed by atoms with Crippen molar-refractivity contribution in [3.8, 4) is 0 Å². The molecule has 20 heavy (non-hydrogen) atoms. The Morgan fingerprint density at radius 3 is 3.00 bits per heavy atom. The molecule has 0 bridgehead atoms. The molecule has 6 nitrogen and oxygen atoms in total. The number of non-ortho nitro benzene ring substituents is 1. The summed E-state index contributed by atoms with van der Waals surface area (Å²) >= 11 is 11.3. The number of thiocarbonyl (C=S) groups is 1. The molecule has 108 valence electrons.